The molecule has 0 saturated heterocycles. The van der Waals surface area contributed by atoms with Crippen molar-refractivity contribution in [1.82, 2.24) is 4.98 Å². The lowest BCUT2D eigenvalue weighted by atomic mass is 10.1. The number of halogens is 1. The molecule has 0 bridgehead atoms. The Kier molecular flexibility index (Phi) is 3.23. The smallest absolute Gasteiger partial charge is 0.336 e. The highest BCUT2D eigenvalue weighted by atomic mass is 19.1. The van der Waals surface area contributed by atoms with E-state index in [1.165, 1.54) is 24.3 Å². The van der Waals surface area contributed by atoms with Gasteiger partial charge in [0.2, 0.25) is 5.88 Å². The molecule has 5 heteroatoms. The lowest BCUT2D eigenvalue weighted by molar-refractivity contribution is 0.0699. The van der Waals surface area contributed by atoms with E-state index < -0.39 is 11.8 Å². The minimum atomic E-state index is -1.01. The minimum absolute atomic E-state index is 0.178. The zero-order chi connectivity index (χ0) is 14.8. The lowest BCUT2D eigenvalue weighted by Crippen LogP contribution is -1.98. The molecule has 3 rings (SSSR count). The Balaban J connectivity index is 2.00. The molecule has 0 saturated carbocycles. The third-order valence-electron chi connectivity index (χ3n) is 2.96. The number of fused-ring (bicyclic) bond motifs is 1. The highest BCUT2D eigenvalue weighted by Crippen LogP contribution is 2.24. The predicted octanol–water partition coefficient (Wildman–Crippen LogP) is 3.86. The van der Waals surface area contributed by atoms with Crippen LogP contribution < -0.4 is 4.74 Å². The number of carboxylic acid groups (broad SMARTS) is 1. The normalized spacial score (nSPS) is 10.5. The van der Waals surface area contributed by atoms with Crippen molar-refractivity contribution in [3.05, 3.63) is 66.0 Å². The van der Waals surface area contributed by atoms with Gasteiger partial charge in [-0.15, -0.1) is 0 Å². The van der Waals surface area contributed by atoms with Crippen LogP contribution in [0.5, 0.6) is 11.6 Å². The van der Waals surface area contributed by atoms with Gasteiger partial charge in [0.25, 0.3) is 0 Å². The Bertz CT molecular complexity index is 833. The first-order valence-electron chi connectivity index (χ1n) is 6.20. The molecular formula is C16H10FNO3. The van der Waals surface area contributed by atoms with E-state index in [-0.39, 0.29) is 11.4 Å². The average Bonchev–Trinajstić information content (AvgIpc) is 2.46. The number of hydrogen-bond donors (Lipinski definition) is 1. The Morgan fingerprint density at radius 3 is 2.67 bits per heavy atom. The summed E-state index contributed by atoms with van der Waals surface area (Å²) in [6, 6.07) is 13.7. The Hall–Kier alpha value is -2.95. The highest BCUT2D eigenvalue weighted by Gasteiger charge is 2.09. The SMILES string of the molecule is O=C(O)c1cccc2nc(Oc3cccc(F)c3)ccc12. The maximum Gasteiger partial charge on any atom is 0.336 e. The van der Waals surface area contributed by atoms with Gasteiger partial charge in [0.05, 0.1) is 11.1 Å². The summed E-state index contributed by atoms with van der Waals surface area (Å²) in [5, 5.41) is 9.64. The standard InChI is InChI=1S/C16H10FNO3/c17-10-3-1-4-11(9-10)21-15-8-7-12-13(16(19)20)5-2-6-14(12)18-15/h1-9H,(H,19,20). The third kappa shape index (κ3) is 2.67. The number of pyridine rings is 1. The molecule has 0 aliphatic heterocycles. The third-order valence-corrected chi connectivity index (χ3v) is 2.96. The van der Waals surface area contributed by atoms with E-state index in [0.717, 1.165) is 0 Å². The number of ether oxygens (including phenoxy) is 1. The summed E-state index contributed by atoms with van der Waals surface area (Å²) < 4.78 is 18.6. The number of hydrogen-bond acceptors (Lipinski definition) is 3. The van der Waals surface area contributed by atoms with Gasteiger partial charge in [-0.25, -0.2) is 14.2 Å². The zero-order valence-corrected chi connectivity index (χ0v) is 10.8. The van der Waals surface area contributed by atoms with Gasteiger partial charge in [0.15, 0.2) is 0 Å². The average molecular weight is 283 g/mol. The summed E-state index contributed by atoms with van der Waals surface area (Å²) >= 11 is 0. The number of benzene rings is 2. The number of carbonyl (C=O) groups is 1. The fourth-order valence-corrected chi connectivity index (χ4v) is 2.03. The molecule has 0 unspecified atom stereocenters. The van der Waals surface area contributed by atoms with Crippen LogP contribution in [-0.4, -0.2) is 16.1 Å². The summed E-state index contributed by atoms with van der Waals surface area (Å²) in [4.78, 5) is 15.4. The first-order chi connectivity index (χ1) is 10.1. The summed E-state index contributed by atoms with van der Waals surface area (Å²) in [5.74, 6) is -0.811. The molecule has 104 valence electrons. The second kappa shape index (κ2) is 5.20. The first kappa shape index (κ1) is 13.1. The van der Waals surface area contributed by atoms with E-state index in [4.69, 9.17) is 9.84 Å². The maximum absolute atomic E-state index is 13.1. The van der Waals surface area contributed by atoms with Crippen molar-refractivity contribution in [2.24, 2.45) is 0 Å². The summed E-state index contributed by atoms with van der Waals surface area (Å²) in [7, 11) is 0. The van der Waals surface area contributed by atoms with Crippen molar-refractivity contribution in [2.45, 2.75) is 0 Å². The van der Waals surface area contributed by atoms with Crippen LogP contribution in [0.2, 0.25) is 0 Å². The quantitative estimate of drug-likeness (QED) is 0.792. The summed E-state index contributed by atoms with van der Waals surface area (Å²) in [6.07, 6.45) is 0. The van der Waals surface area contributed by atoms with Crippen molar-refractivity contribution in [3.8, 4) is 11.6 Å². The van der Waals surface area contributed by atoms with Gasteiger partial charge in [0.1, 0.15) is 11.6 Å². The van der Waals surface area contributed by atoms with Gasteiger partial charge in [-0.2, -0.15) is 0 Å². The van der Waals surface area contributed by atoms with Gasteiger partial charge in [-0.05, 0) is 30.3 Å². The van der Waals surface area contributed by atoms with Crippen molar-refractivity contribution in [2.75, 3.05) is 0 Å². The van der Waals surface area contributed by atoms with E-state index >= 15 is 0 Å². The molecule has 0 atom stereocenters. The molecule has 1 aromatic heterocycles. The molecule has 0 aliphatic carbocycles. The Morgan fingerprint density at radius 1 is 1.10 bits per heavy atom. The van der Waals surface area contributed by atoms with Gasteiger partial charge >= 0.3 is 5.97 Å². The van der Waals surface area contributed by atoms with Gasteiger partial charge in [0, 0.05) is 17.5 Å². The van der Waals surface area contributed by atoms with Crippen LogP contribution in [0.25, 0.3) is 10.9 Å². The number of carboxylic acids is 1. The van der Waals surface area contributed by atoms with Crippen LogP contribution >= 0.6 is 0 Å². The van der Waals surface area contributed by atoms with E-state index in [1.54, 1.807) is 30.3 Å². The van der Waals surface area contributed by atoms with Crippen LogP contribution in [0.4, 0.5) is 4.39 Å². The Labute approximate surface area is 119 Å². The fourth-order valence-electron chi connectivity index (χ4n) is 2.03. The topological polar surface area (TPSA) is 59.4 Å². The van der Waals surface area contributed by atoms with Gasteiger partial charge in [-0.1, -0.05) is 12.1 Å². The van der Waals surface area contributed by atoms with Crippen molar-refractivity contribution in [3.63, 3.8) is 0 Å². The largest absolute Gasteiger partial charge is 0.478 e. The van der Waals surface area contributed by atoms with Crippen LogP contribution in [0.15, 0.2) is 54.6 Å². The van der Waals surface area contributed by atoms with Gasteiger partial charge in [-0.3, -0.25) is 0 Å². The van der Waals surface area contributed by atoms with E-state index in [9.17, 15) is 9.18 Å². The van der Waals surface area contributed by atoms with Crippen LogP contribution in [-0.2, 0) is 0 Å². The van der Waals surface area contributed by atoms with Crippen molar-refractivity contribution in [1.29, 1.82) is 0 Å². The highest BCUT2D eigenvalue weighted by molar-refractivity contribution is 6.02. The molecule has 3 aromatic rings. The van der Waals surface area contributed by atoms with Crippen LogP contribution in [0.3, 0.4) is 0 Å². The summed E-state index contributed by atoms with van der Waals surface area (Å²) in [5.41, 5.74) is 0.682. The van der Waals surface area contributed by atoms with Gasteiger partial charge < -0.3 is 9.84 Å². The van der Waals surface area contributed by atoms with Crippen molar-refractivity contribution < 1.29 is 19.0 Å². The monoisotopic (exact) mass is 283 g/mol. The van der Waals surface area contributed by atoms with Crippen LogP contribution in [0.1, 0.15) is 10.4 Å². The van der Waals surface area contributed by atoms with Crippen LogP contribution in [0, 0.1) is 5.82 Å². The molecule has 0 amide bonds. The van der Waals surface area contributed by atoms with E-state index in [1.807, 2.05) is 0 Å². The van der Waals surface area contributed by atoms with E-state index in [0.29, 0.717) is 16.7 Å². The number of aromatic nitrogens is 1. The fraction of sp³-hybridized carbons (Fsp3) is 0. The molecule has 21 heavy (non-hydrogen) atoms. The lowest BCUT2D eigenvalue weighted by Gasteiger charge is -2.07. The zero-order valence-electron chi connectivity index (χ0n) is 10.8. The first-order valence-corrected chi connectivity index (χ1v) is 6.20. The molecular weight excluding hydrogens is 273 g/mol. The molecule has 0 fully saturated rings. The molecule has 0 aliphatic rings. The minimum Gasteiger partial charge on any atom is -0.478 e. The molecule has 0 radical (unpaired) electrons. The molecule has 4 nitrogen and oxygen atoms in total. The maximum atomic E-state index is 13.1. The molecule has 2 aromatic carbocycles. The van der Waals surface area contributed by atoms with E-state index in [2.05, 4.69) is 4.98 Å². The second-order valence-corrected chi connectivity index (χ2v) is 4.39. The number of nitrogens with zero attached hydrogens (tertiary/aromatic N) is 1. The van der Waals surface area contributed by atoms with Crippen molar-refractivity contribution >= 4 is 16.9 Å². The molecule has 0 spiro atoms. The predicted molar refractivity (Wildman–Crippen MR) is 75.2 cm³/mol. The number of aromatic carboxylic acids is 1. The second-order valence-electron chi connectivity index (χ2n) is 4.39. The molecule has 1 heterocycles. The molecule has 1 N–H and O–H groups in total. The Morgan fingerprint density at radius 2 is 1.90 bits per heavy atom. The number of rotatable bonds is 3. The summed E-state index contributed by atoms with van der Waals surface area (Å²) in [6.45, 7) is 0.